The Labute approximate surface area is 132 Å². The van der Waals surface area contributed by atoms with Gasteiger partial charge in [0, 0.05) is 12.1 Å². The van der Waals surface area contributed by atoms with Gasteiger partial charge in [-0.15, -0.1) is 0 Å². The lowest BCUT2D eigenvalue weighted by molar-refractivity contribution is -0.123. The summed E-state index contributed by atoms with van der Waals surface area (Å²) in [5.41, 5.74) is 1.08. The summed E-state index contributed by atoms with van der Waals surface area (Å²) in [7, 11) is 0. The molecule has 3 atom stereocenters. The number of piperidine rings is 1. The summed E-state index contributed by atoms with van der Waals surface area (Å²) in [5.74, 6) is 0.0178. The zero-order chi connectivity index (χ0) is 15.5. The summed E-state index contributed by atoms with van der Waals surface area (Å²) in [6.07, 6.45) is 2.02. The molecular weight excluding hydrogens is 272 g/mol. The maximum Gasteiger partial charge on any atom is 0.227 e. The highest BCUT2D eigenvalue weighted by molar-refractivity contribution is 5.87. The van der Waals surface area contributed by atoms with Gasteiger partial charge in [0.15, 0.2) is 0 Å². The lowest BCUT2D eigenvalue weighted by Crippen LogP contribution is -2.47. The van der Waals surface area contributed by atoms with Crippen LogP contribution in [0.1, 0.15) is 38.2 Å². The van der Waals surface area contributed by atoms with E-state index in [4.69, 9.17) is 0 Å². The third kappa shape index (κ3) is 3.30. The quantitative estimate of drug-likeness (QED) is 0.913. The fraction of sp³-hybridized carbons (Fsp3) is 0.421. The highest BCUT2D eigenvalue weighted by Crippen LogP contribution is 2.22. The number of amides is 1. The standard InChI is InChI=1S/C19H24N2O/c1-13-11-18(9-10-20-13)21-19(22)14(2)16-8-7-15-5-3-4-6-17(15)12-16/h3-8,12-14,18,20H,9-11H2,1-2H3,(H,21,22). The van der Waals surface area contributed by atoms with E-state index in [9.17, 15) is 4.79 Å². The van der Waals surface area contributed by atoms with Crippen LogP contribution in [0.3, 0.4) is 0 Å². The maximum absolute atomic E-state index is 12.5. The first kappa shape index (κ1) is 15.0. The smallest absolute Gasteiger partial charge is 0.227 e. The molecule has 0 radical (unpaired) electrons. The van der Waals surface area contributed by atoms with Crippen LogP contribution in [0, 0.1) is 0 Å². The Hall–Kier alpha value is -1.87. The van der Waals surface area contributed by atoms with E-state index in [1.807, 2.05) is 19.1 Å². The van der Waals surface area contributed by atoms with Crippen LogP contribution in [0.15, 0.2) is 42.5 Å². The zero-order valence-electron chi connectivity index (χ0n) is 13.3. The number of carbonyl (C=O) groups is 1. The van der Waals surface area contributed by atoms with Gasteiger partial charge in [-0.25, -0.2) is 0 Å². The van der Waals surface area contributed by atoms with E-state index >= 15 is 0 Å². The molecule has 3 heteroatoms. The van der Waals surface area contributed by atoms with Gasteiger partial charge in [-0.05, 0) is 49.6 Å². The molecule has 3 unspecified atom stereocenters. The van der Waals surface area contributed by atoms with Crippen LogP contribution < -0.4 is 10.6 Å². The number of hydrogen-bond acceptors (Lipinski definition) is 2. The van der Waals surface area contributed by atoms with Gasteiger partial charge in [-0.3, -0.25) is 4.79 Å². The van der Waals surface area contributed by atoms with Gasteiger partial charge in [-0.1, -0.05) is 42.5 Å². The summed E-state index contributed by atoms with van der Waals surface area (Å²) in [5, 5.41) is 9.04. The number of hydrogen-bond donors (Lipinski definition) is 2. The first-order chi connectivity index (χ1) is 10.6. The van der Waals surface area contributed by atoms with Crippen molar-refractivity contribution in [1.29, 1.82) is 0 Å². The minimum absolute atomic E-state index is 0.116. The van der Waals surface area contributed by atoms with E-state index in [2.05, 4.69) is 47.9 Å². The van der Waals surface area contributed by atoms with Crippen molar-refractivity contribution in [2.75, 3.05) is 6.54 Å². The SMILES string of the molecule is CC1CC(NC(=O)C(C)c2ccc3ccccc3c2)CCN1. The molecule has 1 aliphatic rings. The maximum atomic E-state index is 12.5. The molecule has 0 aliphatic carbocycles. The number of nitrogens with one attached hydrogen (secondary N) is 2. The Morgan fingerprint density at radius 1 is 1.23 bits per heavy atom. The molecule has 1 heterocycles. The van der Waals surface area contributed by atoms with Crippen molar-refractivity contribution >= 4 is 16.7 Å². The average Bonchev–Trinajstić information content (AvgIpc) is 2.53. The molecule has 2 aromatic rings. The lowest BCUT2D eigenvalue weighted by atomic mass is 9.95. The first-order valence-corrected chi connectivity index (χ1v) is 8.16. The third-order valence-electron chi connectivity index (χ3n) is 4.64. The molecule has 0 spiro atoms. The van der Waals surface area contributed by atoms with Gasteiger partial charge in [0.05, 0.1) is 5.92 Å². The largest absolute Gasteiger partial charge is 0.353 e. The van der Waals surface area contributed by atoms with E-state index in [1.54, 1.807) is 0 Å². The van der Waals surface area contributed by atoms with E-state index in [0.29, 0.717) is 12.1 Å². The van der Waals surface area contributed by atoms with Crippen molar-refractivity contribution in [2.45, 2.75) is 44.7 Å². The van der Waals surface area contributed by atoms with Crippen LogP contribution in [0.4, 0.5) is 0 Å². The topological polar surface area (TPSA) is 41.1 Å². The fourth-order valence-electron chi connectivity index (χ4n) is 3.22. The molecule has 1 saturated heterocycles. The van der Waals surface area contributed by atoms with Crippen LogP contribution in [-0.2, 0) is 4.79 Å². The van der Waals surface area contributed by atoms with E-state index in [0.717, 1.165) is 24.9 Å². The Bertz CT molecular complexity index is 667. The van der Waals surface area contributed by atoms with Crippen molar-refractivity contribution in [1.82, 2.24) is 10.6 Å². The van der Waals surface area contributed by atoms with Gasteiger partial charge < -0.3 is 10.6 Å². The van der Waals surface area contributed by atoms with E-state index in [-0.39, 0.29) is 11.8 Å². The molecule has 1 fully saturated rings. The van der Waals surface area contributed by atoms with Crippen LogP contribution >= 0.6 is 0 Å². The number of carbonyl (C=O) groups excluding carboxylic acids is 1. The van der Waals surface area contributed by atoms with Gasteiger partial charge in [0.2, 0.25) is 5.91 Å². The molecule has 2 aromatic carbocycles. The second kappa shape index (κ2) is 6.49. The minimum Gasteiger partial charge on any atom is -0.353 e. The van der Waals surface area contributed by atoms with E-state index < -0.39 is 0 Å². The van der Waals surface area contributed by atoms with Crippen LogP contribution in [0.25, 0.3) is 10.8 Å². The average molecular weight is 296 g/mol. The highest BCUT2D eigenvalue weighted by atomic mass is 16.1. The van der Waals surface area contributed by atoms with Gasteiger partial charge in [0.1, 0.15) is 0 Å². The summed E-state index contributed by atoms with van der Waals surface area (Å²) >= 11 is 0. The molecule has 0 bridgehead atoms. The van der Waals surface area contributed by atoms with Gasteiger partial charge in [-0.2, -0.15) is 0 Å². The molecule has 22 heavy (non-hydrogen) atoms. The summed E-state index contributed by atoms with van der Waals surface area (Å²) < 4.78 is 0. The van der Waals surface area contributed by atoms with Gasteiger partial charge in [0.25, 0.3) is 0 Å². The molecule has 116 valence electrons. The van der Waals surface area contributed by atoms with Gasteiger partial charge >= 0.3 is 0 Å². The second-order valence-corrected chi connectivity index (χ2v) is 6.41. The third-order valence-corrected chi connectivity index (χ3v) is 4.64. The molecule has 3 rings (SSSR count). The number of fused-ring (bicyclic) bond motifs is 1. The van der Waals surface area contributed by atoms with Crippen LogP contribution in [0.2, 0.25) is 0 Å². The molecule has 2 N–H and O–H groups in total. The number of rotatable bonds is 3. The minimum atomic E-state index is -0.116. The summed E-state index contributed by atoms with van der Waals surface area (Å²) in [4.78, 5) is 12.5. The van der Waals surface area contributed by atoms with Crippen molar-refractivity contribution in [3.8, 4) is 0 Å². The lowest BCUT2D eigenvalue weighted by Gasteiger charge is -2.29. The molecular formula is C19H24N2O. The zero-order valence-corrected chi connectivity index (χ0v) is 13.3. The second-order valence-electron chi connectivity index (χ2n) is 6.41. The first-order valence-electron chi connectivity index (χ1n) is 8.16. The fourth-order valence-corrected chi connectivity index (χ4v) is 3.22. The number of benzene rings is 2. The van der Waals surface area contributed by atoms with Crippen molar-refractivity contribution in [2.24, 2.45) is 0 Å². The Morgan fingerprint density at radius 3 is 2.77 bits per heavy atom. The summed E-state index contributed by atoms with van der Waals surface area (Å²) in [6.45, 7) is 5.14. The Balaban J connectivity index is 1.71. The highest BCUT2D eigenvalue weighted by Gasteiger charge is 2.23. The predicted octanol–water partition coefficient (Wildman–Crippen LogP) is 3.20. The van der Waals surface area contributed by atoms with Crippen molar-refractivity contribution in [3.63, 3.8) is 0 Å². The van der Waals surface area contributed by atoms with Crippen molar-refractivity contribution in [3.05, 3.63) is 48.0 Å². The normalized spacial score (nSPS) is 23.2. The molecule has 1 amide bonds. The van der Waals surface area contributed by atoms with Crippen molar-refractivity contribution < 1.29 is 4.79 Å². The molecule has 0 saturated carbocycles. The monoisotopic (exact) mass is 296 g/mol. The Morgan fingerprint density at radius 2 is 2.00 bits per heavy atom. The van der Waals surface area contributed by atoms with Crippen LogP contribution in [-0.4, -0.2) is 24.5 Å². The predicted molar refractivity (Wildman–Crippen MR) is 91.0 cm³/mol. The molecule has 3 nitrogen and oxygen atoms in total. The van der Waals surface area contributed by atoms with Crippen LogP contribution in [0.5, 0.6) is 0 Å². The Kier molecular flexibility index (Phi) is 4.44. The van der Waals surface area contributed by atoms with E-state index in [1.165, 1.54) is 10.8 Å². The molecule has 0 aromatic heterocycles. The molecule has 1 aliphatic heterocycles. The summed E-state index contributed by atoms with van der Waals surface area (Å²) in [6, 6.07) is 15.3.